The maximum absolute atomic E-state index is 9.48. The fourth-order valence-corrected chi connectivity index (χ4v) is 1.98. The normalized spacial score (nSPS) is 50.8. The molecule has 3 aliphatic rings. The zero-order chi connectivity index (χ0) is 9.54. The Hall–Kier alpha value is -0.200. The van der Waals surface area contributed by atoms with E-state index in [1.54, 1.807) is 0 Å². The Morgan fingerprint density at radius 1 is 1.07 bits per heavy atom. The van der Waals surface area contributed by atoms with Crippen LogP contribution in [0.2, 0.25) is 0 Å². The SMILES string of the molecule is O[C@@H]1CO[C@H]2[C@@H]1OC[C@@H]2OCC1CO1. The lowest BCUT2D eigenvalue weighted by molar-refractivity contribution is -0.0406. The van der Waals surface area contributed by atoms with Gasteiger partial charge in [0.25, 0.3) is 0 Å². The third-order valence-electron chi connectivity index (χ3n) is 2.88. The Kier molecular flexibility index (Phi) is 2.22. The van der Waals surface area contributed by atoms with Gasteiger partial charge in [-0.1, -0.05) is 0 Å². The number of aliphatic hydroxyl groups is 1. The van der Waals surface area contributed by atoms with Crippen LogP contribution in [0.25, 0.3) is 0 Å². The van der Waals surface area contributed by atoms with Crippen LogP contribution in [0.3, 0.4) is 0 Å². The summed E-state index contributed by atoms with van der Waals surface area (Å²) in [5, 5.41) is 9.48. The molecule has 0 amide bonds. The van der Waals surface area contributed by atoms with Gasteiger partial charge in [0.2, 0.25) is 0 Å². The minimum atomic E-state index is -0.495. The van der Waals surface area contributed by atoms with E-state index in [1.807, 2.05) is 0 Å². The highest BCUT2D eigenvalue weighted by Gasteiger charge is 2.48. The maximum atomic E-state index is 9.48. The average Bonchev–Trinajstić information content (AvgIpc) is 2.81. The van der Waals surface area contributed by atoms with Crippen LogP contribution in [0.4, 0.5) is 0 Å². The predicted octanol–water partition coefficient (Wildman–Crippen LogP) is -1.07. The van der Waals surface area contributed by atoms with Gasteiger partial charge in [0.05, 0.1) is 26.4 Å². The van der Waals surface area contributed by atoms with E-state index in [2.05, 4.69) is 0 Å². The fraction of sp³-hybridized carbons (Fsp3) is 1.00. The van der Waals surface area contributed by atoms with Crippen molar-refractivity contribution in [2.24, 2.45) is 0 Å². The molecule has 80 valence electrons. The zero-order valence-electron chi connectivity index (χ0n) is 7.80. The first-order valence-electron chi connectivity index (χ1n) is 4.99. The summed E-state index contributed by atoms with van der Waals surface area (Å²) >= 11 is 0. The highest BCUT2D eigenvalue weighted by molar-refractivity contribution is 4.95. The van der Waals surface area contributed by atoms with Gasteiger partial charge in [-0.3, -0.25) is 0 Å². The van der Waals surface area contributed by atoms with Crippen molar-refractivity contribution in [1.29, 1.82) is 0 Å². The largest absolute Gasteiger partial charge is 0.388 e. The van der Waals surface area contributed by atoms with Crippen molar-refractivity contribution < 1.29 is 24.1 Å². The van der Waals surface area contributed by atoms with Gasteiger partial charge in [0.1, 0.15) is 30.5 Å². The lowest BCUT2D eigenvalue weighted by Gasteiger charge is -2.15. The van der Waals surface area contributed by atoms with Crippen molar-refractivity contribution in [2.75, 3.05) is 26.4 Å². The Labute approximate surface area is 81.9 Å². The van der Waals surface area contributed by atoms with Crippen LogP contribution in [0, 0.1) is 0 Å². The van der Waals surface area contributed by atoms with Gasteiger partial charge in [0.15, 0.2) is 0 Å². The molecule has 1 N–H and O–H groups in total. The van der Waals surface area contributed by atoms with Gasteiger partial charge >= 0.3 is 0 Å². The van der Waals surface area contributed by atoms with Gasteiger partial charge < -0.3 is 24.1 Å². The molecule has 3 aliphatic heterocycles. The van der Waals surface area contributed by atoms with E-state index in [0.717, 1.165) is 6.61 Å². The Bertz CT molecular complexity index is 217. The third kappa shape index (κ3) is 1.55. The van der Waals surface area contributed by atoms with Gasteiger partial charge in [-0.05, 0) is 0 Å². The smallest absolute Gasteiger partial charge is 0.115 e. The van der Waals surface area contributed by atoms with Gasteiger partial charge in [-0.2, -0.15) is 0 Å². The molecule has 0 saturated carbocycles. The number of hydrogen-bond acceptors (Lipinski definition) is 5. The second-order valence-electron chi connectivity index (χ2n) is 3.99. The second kappa shape index (κ2) is 3.43. The number of fused-ring (bicyclic) bond motifs is 1. The molecule has 3 heterocycles. The monoisotopic (exact) mass is 202 g/mol. The molecule has 0 aromatic carbocycles. The van der Waals surface area contributed by atoms with Crippen LogP contribution in [-0.4, -0.2) is 62.1 Å². The highest BCUT2D eigenvalue weighted by Crippen LogP contribution is 2.29. The Balaban J connectivity index is 1.54. The van der Waals surface area contributed by atoms with Crippen molar-refractivity contribution >= 4 is 0 Å². The second-order valence-corrected chi connectivity index (χ2v) is 3.99. The summed E-state index contributed by atoms with van der Waals surface area (Å²) in [7, 11) is 0. The molecular formula is C9H14O5. The molecule has 0 bridgehead atoms. The molecule has 5 atom stereocenters. The summed E-state index contributed by atoms with van der Waals surface area (Å²) in [6.45, 7) is 2.27. The van der Waals surface area contributed by atoms with E-state index in [1.165, 1.54) is 0 Å². The summed E-state index contributed by atoms with van der Waals surface area (Å²) in [6, 6.07) is 0. The molecule has 5 heteroatoms. The standard InChI is InChI=1S/C9H14O5/c10-6-3-13-9-7(4-14-8(6)9)12-2-5-1-11-5/h5-10H,1-4H2/t5?,6-,7+,8-,9-/m1/s1. The Morgan fingerprint density at radius 3 is 2.64 bits per heavy atom. The number of ether oxygens (including phenoxy) is 4. The van der Waals surface area contributed by atoms with Crippen LogP contribution >= 0.6 is 0 Å². The summed E-state index contributed by atoms with van der Waals surface area (Å²) in [4.78, 5) is 0. The maximum Gasteiger partial charge on any atom is 0.115 e. The summed E-state index contributed by atoms with van der Waals surface area (Å²) in [5.41, 5.74) is 0. The molecule has 0 radical (unpaired) electrons. The molecular weight excluding hydrogens is 188 g/mol. The first-order valence-corrected chi connectivity index (χ1v) is 4.99. The van der Waals surface area contributed by atoms with Crippen LogP contribution in [0.15, 0.2) is 0 Å². The lowest BCUT2D eigenvalue weighted by atomic mass is 10.1. The van der Waals surface area contributed by atoms with Crippen LogP contribution < -0.4 is 0 Å². The third-order valence-corrected chi connectivity index (χ3v) is 2.88. The van der Waals surface area contributed by atoms with E-state index >= 15 is 0 Å². The number of epoxide rings is 1. The topological polar surface area (TPSA) is 60.5 Å². The summed E-state index contributed by atoms with van der Waals surface area (Å²) in [6.07, 6.45) is -0.559. The van der Waals surface area contributed by atoms with Crippen LogP contribution in [0.1, 0.15) is 0 Å². The molecule has 3 rings (SSSR count). The van der Waals surface area contributed by atoms with Gasteiger partial charge in [-0.15, -0.1) is 0 Å². The van der Waals surface area contributed by atoms with Crippen molar-refractivity contribution in [3.63, 3.8) is 0 Å². The molecule has 0 aromatic heterocycles. The first kappa shape index (κ1) is 9.06. The van der Waals surface area contributed by atoms with E-state index in [0.29, 0.717) is 19.8 Å². The molecule has 1 unspecified atom stereocenters. The zero-order valence-corrected chi connectivity index (χ0v) is 7.80. The first-order chi connectivity index (χ1) is 6.84. The molecule has 0 aromatic rings. The van der Waals surface area contributed by atoms with Crippen LogP contribution in [0.5, 0.6) is 0 Å². The summed E-state index contributed by atoms with van der Waals surface area (Å²) < 4.78 is 21.5. The molecule has 5 nitrogen and oxygen atoms in total. The van der Waals surface area contributed by atoms with Gasteiger partial charge in [0, 0.05) is 0 Å². The van der Waals surface area contributed by atoms with Crippen LogP contribution in [-0.2, 0) is 18.9 Å². The molecule has 3 fully saturated rings. The number of aliphatic hydroxyl groups excluding tert-OH is 1. The average molecular weight is 202 g/mol. The number of hydrogen-bond donors (Lipinski definition) is 1. The summed E-state index contributed by atoms with van der Waals surface area (Å²) in [5.74, 6) is 0. The lowest BCUT2D eigenvalue weighted by Crippen LogP contribution is -2.33. The van der Waals surface area contributed by atoms with E-state index in [-0.39, 0.29) is 24.4 Å². The fourth-order valence-electron chi connectivity index (χ4n) is 1.98. The predicted molar refractivity (Wildman–Crippen MR) is 45.0 cm³/mol. The molecule has 0 spiro atoms. The molecule has 14 heavy (non-hydrogen) atoms. The quantitative estimate of drug-likeness (QED) is 0.590. The van der Waals surface area contributed by atoms with E-state index in [9.17, 15) is 5.11 Å². The van der Waals surface area contributed by atoms with Gasteiger partial charge in [-0.25, -0.2) is 0 Å². The minimum Gasteiger partial charge on any atom is -0.388 e. The van der Waals surface area contributed by atoms with Crippen molar-refractivity contribution in [3.05, 3.63) is 0 Å². The van der Waals surface area contributed by atoms with Crippen molar-refractivity contribution in [2.45, 2.75) is 30.5 Å². The molecule has 3 saturated heterocycles. The molecule has 0 aliphatic carbocycles. The van der Waals surface area contributed by atoms with E-state index < -0.39 is 6.10 Å². The van der Waals surface area contributed by atoms with Crippen molar-refractivity contribution in [1.82, 2.24) is 0 Å². The highest BCUT2D eigenvalue weighted by atomic mass is 16.6. The van der Waals surface area contributed by atoms with Crippen molar-refractivity contribution in [3.8, 4) is 0 Å². The van der Waals surface area contributed by atoms with E-state index in [4.69, 9.17) is 18.9 Å². The number of rotatable bonds is 3. The Morgan fingerprint density at radius 2 is 1.86 bits per heavy atom. The minimum absolute atomic E-state index is 0.0404.